The normalized spacial score (nSPS) is 21.9. The van der Waals surface area contributed by atoms with E-state index in [2.05, 4.69) is 0 Å². The van der Waals surface area contributed by atoms with Crippen LogP contribution in [-0.4, -0.2) is 43.2 Å². The smallest absolute Gasteiger partial charge is 0.227 e. The van der Waals surface area contributed by atoms with Crippen LogP contribution < -0.4 is 15.2 Å². The molecule has 1 aromatic heterocycles. The third-order valence-electron chi connectivity index (χ3n) is 4.90. The number of hydrogen-bond donors (Lipinski definition) is 1. The van der Waals surface area contributed by atoms with Crippen LogP contribution in [-0.2, 0) is 11.2 Å². The average molecular weight is 377 g/mol. The van der Waals surface area contributed by atoms with Gasteiger partial charge in [-0.1, -0.05) is 11.6 Å². The minimum Gasteiger partial charge on any atom is -0.486 e. The van der Waals surface area contributed by atoms with E-state index in [1.807, 2.05) is 19.1 Å². The van der Waals surface area contributed by atoms with E-state index in [1.165, 1.54) is 0 Å². The molecule has 1 amide bonds. The quantitative estimate of drug-likeness (QED) is 0.890. The number of ether oxygens (including phenoxy) is 2. The summed E-state index contributed by atoms with van der Waals surface area (Å²) in [6.45, 7) is 3.95. The minimum absolute atomic E-state index is 0.00944. The van der Waals surface area contributed by atoms with Crippen molar-refractivity contribution in [1.29, 1.82) is 0 Å². The number of hydrogen-bond acceptors (Lipinski definition) is 5. The highest BCUT2D eigenvalue weighted by Crippen LogP contribution is 2.36. The van der Waals surface area contributed by atoms with Crippen LogP contribution in [0.5, 0.6) is 11.5 Å². The number of halogens is 1. The molecule has 2 aliphatic heterocycles. The lowest BCUT2D eigenvalue weighted by molar-refractivity contribution is -0.129. The van der Waals surface area contributed by atoms with E-state index in [9.17, 15) is 4.79 Å². The van der Waals surface area contributed by atoms with Crippen molar-refractivity contribution < 1.29 is 18.7 Å². The predicted octanol–water partition coefficient (Wildman–Crippen LogP) is 2.51. The lowest BCUT2D eigenvalue weighted by atomic mass is 10.0. The van der Waals surface area contributed by atoms with E-state index < -0.39 is 0 Å². The molecule has 2 aliphatic rings. The van der Waals surface area contributed by atoms with Gasteiger partial charge in [0.1, 0.15) is 24.7 Å². The zero-order valence-corrected chi connectivity index (χ0v) is 15.3. The molecule has 0 spiro atoms. The fraction of sp³-hybridized carbons (Fsp3) is 0.421. The molecule has 2 aromatic rings. The lowest BCUT2D eigenvalue weighted by Crippen LogP contribution is -2.33. The summed E-state index contributed by atoms with van der Waals surface area (Å²) in [5, 5.41) is 0.504. The predicted molar refractivity (Wildman–Crippen MR) is 96.9 cm³/mol. The van der Waals surface area contributed by atoms with Gasteiger partial charge in [-0.2, -0.15) is 0 Å². The Bertz CT molecular complexity index is 835. The van der Waals surface area contributed by atoms with Gasteiger partial charge in [0.2, 0.25) is 5.91 Å². The number of nitrogens with zero attached hydrogens (tertiary/aromatic N) is 1. The van der Waals surface area contributed by atoms with Gasteiger partial charge in [-0.3, -0.25) is 4.79 Å². The molecule has 0 saturated carbocycles. The maximum atomic E-state index is 12.8. The van der Waals surface area contributed by atoms with Crippen molar-refractivity contribution in [3.8, 4) is 11.5 Å². The van der Waals surface area contributed by atoms with E-state index in [-0.39, 0.29) is 24.3 Å². The van der Waals surface area contributed by atoms with Gasteiger partial charge in [0.25, 0.3) is 0 Å². The first kappa shape index (κ1) is 17.2. The molecule has 26 heavy (non-hydrogen) atoms. The van der Waals surface area contributed by atoms with Crippen LogP contribution in [0.1, 0.15) is 23.0 Å². The van der Waals surface area contributed by atoms with Gasteiger partial charge in [-0.15, -0.1) is 0 Å². The van der Waals surface area contributed by atoms with Crippen molar-refractivity contribution in [3.63, 3.8) is 0 Å². The first-order chi connectivity index (χ1) is 12.5. The molecule has 2 N–H and O–H groups in total. The Morgan fingerprint density at radius 3 is 2.65 bits per heavy atom. The summed E-state index contributed by atoms with van der Waals surface area (Å²) >= 11 is 6.32. The molecule has 138 valence electrons. The van der Waals surface area contributed by atoms with E-state index in [0.29, 0.717) is 42.8 Å². The molecule has 0 aliphatic carbocycles. The molecule has 7 heteroatoms. The number of furan rings is 1. The second-order valence-corrected chi connectivity index (χ2v) is 7.19. The standard InChI is InChI=1S/C19H21ClN2O4/c1-11-2-3-16(26-11)13-9-22(10-15(13)21)19(23)7-12-6-17-18(8-14(12)20)25-5-4-24-17/h2-3,6,8,13,15H,4-5,7,9-10,21H2,1H3/t13-,15-/m1/s1. The molecule has 1 saturated heterocycles. The van der Waals surface area contributed by atoms with Gasteiger partial charge in [-0.05, 0) is 30.7 Å². The van der Waals surface area contributed by atoms with Gasteiger partial charge in [-0.25, -0.2) is 0 Å². The number of rotatable bonds is 3. The third-order valence-corrected chi connectivity index (χ3v) is 5.25. The molecule has 0 unspecified atom stereocenters. The van der Waals surface area contributed by atoms with Gasteiger partial charge in [0, 0.05) is 30.2 Å². The number of aryl methyl sites for hydroxylation is 1. The van der Waals surface area contributed by atoms with Crippen LogP contribution in [0.3, 0.4) is 0 Å². The number of carbonyl (C=O) groups excluding carboxylic acids is 1. The zero-order chi connectivity index (χ0) is 18.3. The van der Waals surface area contributed by atoms with Gasteiger partial charge < -0.3 is 24.5 Å². The van der Waals surface area contributed by atoms with Gasteiger partial charge in [0.05, 0.1) is 12.3 Å². The van der Waals surface area contributed by atoms with E-state index in [0.717, 1.165) is 17.1 Å². The zero-order valence-electron chi connectivity index (χ0n) is 14.5. The van der Waals surface area contributed by atoms with Crippen molar-refractivity contribution in [2.45, 2.75) is 25.3 Å². The molecule has 1 aromatic carbocycles. The van der Waals surface area contributed by atoms with Crippen LogP contribution in [0, 0.1) is 6.92 Å². The summed E-state index contributed by atoms with van der Waals surface area (Å²) in [5.41, 5.74) is 6.97. The van der Waals surface area contributed by atoms with Crippen LogP contribution in [0.15, 0.2) is 28.7 Å². The number of likely N-dealkylation sites (tertiary alicyclic amines) is 1. The van der Waals surface area contributed by atoms with Crippen LogP contribution in [0.25, 0.3) is 0 Å². The molecule has 2 atom stereocenters. The number of carbonyl (C=O) groups is 1. The Morgan fingerprint density at radius 1 is 1.23 bits per heavy atom. The lowest BCUT2D eigenvalue weighted by Gasteiger charge is -2.21. The molecular weight excluding hydrogens is 356 g/mol. The highest BCUT2D eigenvalue weighted by molar-refractivity contribution is 6.31. The Morgan fingerprint density at radius 2 is 1.96 bits per heavy atom. The fourth-order valence-electron chi connectivity index (χ4n) is 3.50. The number of fused-ring (bicyclic) bond motifs is 1. The highest BCUT2D eigenvalue weighted by Gasteiger charge is 2.35. The number of nitrogens with two attached hydrogens (primary N) is 1. The van der Waals surface area contributed by atoms with E-state index >= 15 is 0 Å². The monoisotopic (exact) mass is 376 g/mol. The van der Waals surface area contributed by atoms with Gasteiger partial charge >= 0.3 is 0 Å². The maximum Gasteiger partial charge on any atom is 0.227 e. The first-order valence-corrected chi connectivity index (χ1v) is 9.07. The topological polar surface area (TPSA) is 77.9 Å². The van der Waals surface area contributed by atoms with Crippen LogP contribution in [0.2, 0.25) is 5.02 Å². The first-order valence-electron chi connectivity index (χ1n) is 8.69. The Hall–Kier alpha value is -2.18. The van der Waals surface area contributed by atoms with Crippen molar-refractivity contribution in [2.24, 2.45) is 5.73 Å². The molecular formula is C19H21ClN2O4. The summed E-state index contributed by atoms with van der Waals surface area (Å²) in [7, 11) is 0. The summed E-state index contributed by atoms with van der Waals surface area (Å²) in [6.07, 6.45) is 0.200. The second kappa shape index (κ2) is 6.85. The molecule has 6 nitrogen and oxygen atoms in total. The Kier molecular flexibility index (Phi) is 4.54. The van der Waals surface area contributed by atoms with Crippen molar-refractivity contribution >= 4 is 17.5 Å². The summed E-state index contributed by atoms with van der Waals surface area (Å²) < 4.78 is 16.8. The van der Waals surface area contributed by atoms with E-state index in [1.54, 1.807) is 17.0 Å². The van der Waals surface area contributed by atoms with Crippen LogP contribution in [0.4, 0.5) is 0 Å². The summed E-state index contributed by atoms with van der Waals surface area (Å²) in [5.74, 6) is 2.94. The summed E-state index contributed by atoms with van der Waals surface area (Å²) in [4.78, 5) is 14.5. The Balaban J connectivity index is 1.47. The Labute approximate surface area is 156 Å². The maximum absolute atomic E-state index is 12.8. The van der Waals surface area contributed by atoms with Crippen molar-refractivity contribution in [1.82, 2.24) is 4.90 Å². The largest absolute Gasteiger partial charge is 0.486 e. The highest BCUT2D eigenvalue weighted by atomic mass is 35.5. The second-order valence-electron chi connectivity index (χ2n) is 6.78. The van der Waals surface area contributed by atoms with Crippen LogP contribution >= 0.6 is 11.6 Å². The van der Waals surface area contributed by atoms with E-state index in [4.69, 9.17) is 31.2 Å². The minimum atomic E-state index is -0.139. The molecule has 3 heterocycles. The molecule has 1 fully saturated rings. The molecule has 0 radical (unpaired) electrons. The number of amides is 1. The van der Waals surface area contributed by atoms with Crippen molar-refractivity contribution in [2.75, 3.05) is 26.3 Å². The SMILES string of the molecule is Cc1ccc([C@@H]2CN(C(=O)Cc3cc4c(cc3Cl)OCCO4)C[C@H]2N)o1. The third kappa shape index (κ3) is 3.27. The number of benzene rings is 1. The van der Waals surface area contributed by atoms with Crippen molar-refractivity contribution in [3.05, 3.63) is 46.4 Å². The fourth-order valence-corrected chi connectivity index (χ4v) is 3.72. The molecule has 0 bridgehead atoms. The summed E-state index contributed by atoms with van der Waals surface area (Å²) in [6, 6.07) is 7.22. The average Bonchev–Trinajstić information content (AvgIpc) is 3.21. The van der Waals surface area contributed by atoms with Gasteiger partial charge in [0.15, 0.2) is 11.5 Å². The molecule has 4 rings (SSSR count).